The summed E-state index contributed by atoms with van der Waals surface area (Å²) in [7, 11) is -22.2. The fourth-order valence-electron chi connectivity index (χ4n) is 5.17. The van der Waals surface area contributed by atoms with Gasteiger partial charge in [0.15, 0.2) is 22.9 Å². The number of nitrogen functional groups attached to an aromatic ring is 2. The van der Waals surface area contributed by atoms with E-state index in [1.165, 1.54) is 28.1 Å². The van der Waals surface area contributed by atoms with Gasteiger partial charge in [-0.2, -0.15) is 8.62 Å². The van der Waals surface area contributed by atoms with Crippen molar-refractivity contribution in [3.8, 4) is 0 Å². The van der Waals surface area contributed by atoms with Gasteiger partial charge < -0.3 is 50.5 Å². The third-order valence-corrected chi connectivity index (χ3v) is 12.1. The van der Waals surface area contributed by atoms with Crippen molar-refractivity contribution in [1.82, 2.24) is 39.0 Å². The maximum Gasteiger partial charge on any atom is 0.490 e. The maximum atomic E-state index is 13.2. The van der Waals surface area contributed by atoms with E-state index in [9.17, 15) is 38.0 Å². The van der Waals surface area contributed by atoms with E-state index in [1.54, 1.807) is 0 Å². The van der Waals surface area contributed by atoms with Gasteiger partial charge >= 0.3 is 31.3 Å². The largest absolute Gasteiger partial charge is 0.490 e. The molecule has 280 valence electrons. The quantitative estimate of drug-likeness (QED) is 0.0752. The first-order chi connectivity index (χ1) is 23.8. The molecule has 10 N–H and O–H groups in total. The number of aliphatic hydroxyl groups is 1. The Morgan fingerprint density at radius 1 is 0.706 bits per heavy atom. The minimum absolute atomic E-state index is 0.00767. The Bertz CT molecular complexity index is 2110. The fourth-order valence-corrected chi connectivity index (χ4v) is 9.16. The van der Waals surface area contributed by atoms with E-state index in [1.807, 2.05) is 0 Å². The number of nitrogens with two attached hydrogens (primary N) is 2. The number of phosphoric ester groups is 2. The van der Waals surface area contributed by atoms with Gasteiger partial charge in [-0.15, -0.1) is 0 Å². The molecule has 2 aliphatic heterocycles. The van der Waals surface area contributed by atoms with E-state index in [0.29, 0.717) is 11.2 Å². The van der Waals surface area contributed by atoms with Gasteiger partial charge in [-0.05, 0) is 0 Å². The maximum absolute atomic E-state index is 13.2. The highest BCUT2D eigenvalue weighted by Gasteiger charge is 2.46. The number of nitrogens with zero attached hydrogens (tertiary/aromatic N) is 8. The monoisotopic (exact) mass is 804 g/mol. The molecule has 2 saturated heterocycles. The zero-order valence-corrected chi connectivity index (χ0v) is 28.9. The number of aliphatic hydroxyl groups excluding tert-OH is 1. The Morgan fingerprint density at radius 2 is 1.22 bits per heavy atom. The standard InChI is InChI=1S/C20H28N10O17P4/c21-17-15-19(25-5-23-17)29(7-27-15)13-1-9(31)11(43-13)3-41-49(35,36)45-10-2-14(30-8-28-16-18(22)24-6-26-20(16)30)44-12(10)4-42-50(37,38)47-51(39,40)46-48(32,33)34/h5-14,31H,1-4H2,(H,35,36)(H,37,38)(H,39,40)(H2,21,23,25)(H2,22,24,26)(H2,32,33,34)/t9?,10?,11-,12-,13-,14-/m1/s1. The van der Waals surface area contributed by atoms with Gasteiger partial charge in [0, 0.05) is 12.8 Å². The lowest BCUT2D eigenvalue weighted by Gasteiger charge is -2.23. The Hall–Kier alpha value is -2.90. The zero-order chi connectivity index (χ0) is 36.9. The number of ether oxygens (including phenoxy) is 2. The van der Waals surface area contributed by atoms with E-state index in [-0.39, 0.29) is 35.6 Å². The molecular formula is C20H28N10O17P4. The van der Waals surface area contributed by atoms with Crippen LogP contribution < -0.4 is 11.5 Å². The van der Waals surface area contributed by atoms with E-state index in [2.05, 4.69) is 43.0 Å². The summed E-state index contributed by atoms with van der Waals surface area (Å²) in [5.74, 6) is 0.131. The molecule has 51 heavy (non-hydrogen) atoms. The van der Waals surface area contributed by atoms with Crippen molar-refractivity contribution in [1.29, 1.82) is 0 Å². The average Bonchev–Trinajstić information content (AvgIpc) is 3.79. The summed E-state index contributed by atoms with van der Waals surface area (Å²) in [6, 6.07) is 0. The molecule has 2 aliphatic rings. The SMILES string of the molecule is Nc1ncnc2c1ncn2[C@H]1CC(O)[C@@H](COP(=O)(O)OC2C[C@H](n3cnc4c(N)ncnc43)O[C@@H]2COP(=O)(O)OP(=O)(O)OP(=O)(O)O)O1. The summed E-state index contributed by atoms with van der Waals surface area (Å²) < 4.78 is 85.3. The first-order valence-electron chi connectivity index (χ1n) is 14.1. The molecule has 9 atom stereocenters. The molecule has 27 nitrogen and oxygen atoms in total. The lowest BCUT2D eigenvalue weighted by molar-refractivity contribution is -0.0548. The molecule has 6 rings (SSSR count). The minimum atomic E-state index is -5.85. The van der Waals surface area contributed by atoms with Gasteiger partial charge in [-0.1, -0.05) is 0 Å². The van der Waals surface area contributed by atoms with Crippen LogP contribution in [0.3, 0.4) is 0 Å². The molecule has 31 heteroatoms. The smallest absolute Gasteiger partial charge is 0.390 e. The lowest BCUT2D eigenvalue weighted by atomic mass is 10.2. The predicted molar refractivity (Wildman–Crippen MR) is 163 cm³/mol. The zero-order valence-electron chi connectivity index (χ0n) is 25.3. The number of hydrogen-bond donors (Lipinski definition) is 8. The van der Waals surface area contributed by atoms with Crippen molar-refractivity contribution in [3.05, 3.63) is 25.3 Å². The highest BCUT2D eigenvalue weighted by Crippen LogP contribution is 2.66. The summed E-state index contributed by atoms with van der Waals surface area (Å²) >= 11 is 0. The van der Waals surface area contributed by atoms with Crippen LogP contribution in [-0.4, -0.2) is 106 Å². The Morgan fingerprint density at radius 3 is 1.78 bits per heavy atom. The third-order valence-electron chi connectivity index (χ3n) is 7.27. The second-order valence-corrected chi connectivity index (χ2v) is 16.6. The summed E-state index contributed by atoms with van der Waals surface area (Å²) in [5.41, 5.74) is 12.6. The predicted octanol–water partition coefficient (Wildman–Crippen LogP) is -0.388. The molecule has 4 aromatic heterocycles. The number of phosphoric acid groups is 4. The van der Waals surface area contributed by atoms with E-state index in [4.69, 9.17) is 39.8 Å². The molecular weight excluding hydrogens is 776 g/mol. The number of anilines is 2. The van der Waals surface area contributed by atoms with Crippen LogP contribution in [0.25, 0.3) is 22.3 Å². The van der Waals surface area contributed by atoms with Crippen molar-refractivity contribution in [2.45, 2.75) is 49.7 Å². The van der Waals surface area contributed by atoms with Crippen LogP contribution in [0.5, 0.6) is 0 Å². The molecule has 0 amide bonds. The summed E-state index contributed by atoms with van der Waals surface area (Å²) in [4.78, 5) is 71.7. The molecule has 4 aromatic rings. The molecule has 0 aromatic carbocycles. The first-order valence-corrected chi connectivity index (χ1v) is 20.1. The minimum Gasteiger partial charge on any atom is -0.390 e. The molecule has 0 aliphatic carbocycles. The van der Waals surface area contributed by atoms with Gasteiger partial charge in [-0.25, -0.2) is 48.2 Å². The molecule has 0 radical (unpaired) electrons. The highest BCUT2D eigenvalue weighted by atomic mass is 31.3. The molecule has 0 saturated carbocycles. The highest BCUT2D eigenvalue weighted by molar-refractivity contribution is 7.66. The second kappa shape index (κ2) is 14.2. The fraction of sp³-hybridized carbons (Fsp3) is 0.500. The summed E-state index contributed by atoms with van der Waals surface area (Å²) in [6.45, 7) is -1.71. The third kappa shape index (κ3) is 8.84. The number of imidazole rings is 2. The van der Waals surface area contributed by atoms with Crippen LogP contribution in [-0.2, 0) is 49.9 Å². The average molecular weight is 804 g/mol. The van der Waals surface area contributed by atoms with E-state index < -0.39 is 81.4 Å². The van der Waals surface area contributed by atoms with Crippen molar-refractivity contribution in [2.24, 2.45) is 0 Å². The topological polar surface area (TPSA) is 394 Å². The molecule has 6 heterocycles. The van der Waals surface area contributed by atoms with Crippen LogP contribution in [0.15, 0.2) is 25.3 Å². The summed E-state index contributed by atoms with van der Waals surface area (Å²) in [5, 5.41) is 10.6. The summed E-state index contributed by atoms with van der Waals surface area (Å²) in [6.07, 6.45) is -2.64. The van der Waals surface area contributed by atoms with Crippen LogP contribution in [0.4, 0.5) is 11.6 Å². The van der Waals surface area contributed by atoms with Gasteiger partial charge in [-0.3, -0.25) is 22.7 Å². The van der Waals surface area contributed by atoms with Gasteiger partial charge in [0.05, 0.1) is 32.0 Å². The van der Waals surface area contributed by atoms with Crippen molar-refractivity contribution < 1.29 is 79.5 Å². The lowest BCUT2D eigenvalue weighted by Crippen LogP contribution is -2.30. The number of fused-ring (bicyclic) bond motifs is 2. The van der Waals surface area contributed by atoms with Crippen LogP contribution in [0.2, 0.25) is 0 Å². The molecule has 0 spiro atoms. The van der Waals surface area contributed by atoms with Crippen LogP contribution in [0, 0.1) is 0 Å². The molecule has 0 bridgehead atoms. The van der Waals surface area contributed by atoms with E-state index in [0.717, 1.165) is 6.33 Å². The second-order valence-electron chi connectivity index (χ2n) is 10.8. The van der Waals surface area contributed by atoms with Crippen LogP contribution >= 0.6 is 31.3 Å². The van der Waals surface area contributed by atoms with Gasteiger partial charge in [0.1, 0.15) is 54.5 Å². The number of rotatable bonds is 14. The molecule has 2 fully saturated rings. The normalized spacial score (nSPS) is 27.8. The van der Waals surface area contributed by atoms with E-state index >= 15 is 0 Å². The van der Waals surface area contributed by atoms with Crippen molar-refractivity contribution in [3.63, 3.8) is 0 Å². The van der Waals surface area contributed by atoms with Crippen LogP contribution in [0.1, 0.15) is 25.3 Å². The Kier molecular flexibility index (Phi) is 10.5. The Labute approximate surface area is 283 Å². The van der Waals surface area contributed by atoms with Gasteiger partial charge in [0.2, 0.25) is 0 Å². The van der Waals surface area contributed by atoms with Gasteiger partial charge in [0.25, 0.3) is 0 Å². The number of hydrogen-bond acceptors (Lipinski definition) is 20. The first kappa shape index (κ1) is 37.8. The Balaban J connectivity index is 1.14. The number of aromatic nitrogens is 8. The van der Waals surface area contributed by atoms with Crippen molar-refractivity contribution >= 4 is 65.3 Å². The van der Waals surface area contributed by atoms with Crippen molar-refractivity contribution in [2.75, 3.05) is 24.7 Å². The molecule has 5 unspecified atom stereocenters.